The predicted octanol–water partition coefficient (Wildman–Crippen LogP) is 1.92. The first-order valence-corrected chi connectivity index (χ1v) is 5.31. The number of nitrogens with one attached hydrogen (secondary N) is 1. The van der Waals surface area contributed by atoms with E-state index < -0.39 is 0 Å². The summed E-state index contributed by atoms with van der Waals surface area (Å²) in [6, 6.07) is 8.55. The summed E-state index contributed by atoms with van der Waals surface area (Å²) in [6.07, 6.45) is 0. The zero-order valence-electron chi connectivity index (χ0n) is 8.33. The first-order valence-electron chi connectivity index (χ1n) is 4.93. The summed E-state index contributed by atoms with van der Waals surface area (Å²) in [5, 5.41) is 4.30. The maximum absolute atomic E-state index is 5.85. The largest absolute Gasteiger partial charge is 0.308 e. The average molecular weight is 211 g/mol. The molecule has 1 aliphatic heterocycles. The van der Waals surface area contributed by atoms with E-state index in [1.807, 2.05) is 12.1 Å². The maximum atomic E-state index is 5.85. The van der Waals surface area contributed by atoms with E-state index >= 15 is 0 Å². The first-order chi connectivity index (χ1) is 6.75. The number of hydrogen-bond donors (Lipinski definition) is 1. The summed E-state index contributed by atoms with van der Waals surface area (Å²) in [5.74, 6) is 0. The van der Waals surface area contributed by atoms with E-state index in [2.05, 4.69) is 29.4 Å². The van der Waals surface area contributed by atoms with Crippen LogP contribution in [0, 0.1) is 0 Å². The van der Waals surface area contributed by atoms with Crippen LogP contribution in [0.15, 0.2) is 24.3 Å². The fourth-order valence-corrected chi connectivity index (χ4v) is 1.94. The van der Waals surface area contributed by atoms with Crippen molar-refractivity contribution < 1.29 is 0 Å². The molecule has 76 valence electrons. The summed E-state index contributed by atoms with van der Waals surface area (Å²) < 4.78 is 0. The molecule has 2 nitrogen and oxygen atoms in total. The van der Waals surface area contributed by atoms with Crippen molar-refractivity contribution >= 4 is 11.6 Å². The predicted molar refractivity (Wildman–Crippen MR) is 59.7 cm³/mol. The molecule has 3 heteroatoms. The zero-order valence-corrected chi connectivity index (χ0v) is 9.09. The molecule has 1 atom stereocenters. The third-order valence-corrected chi connectivity index (χ3v) is 2.90. The van der Waals surface area contributed by atoms with Gasteiger partial charge in [-0.1, -0.05) is 23.7 Å². The minimum atomic E-state index is 0.450. The Morgan fingerprint density at radius 1 is 1.36 bits per heavy atom. The number of rotatable bonds is 1. The highest BCUT2D eigenvalue weighted by Gasteiger charge is 2.17. The minimum Gasteiger partial charge on any atom is -0.308 e. The SMILES string of the molecule is CN1CCNC(c2ccc(Cl)cc2)C1. The van der Waals surface area contributed by atoms with Crippen molar-refractivity contribution in [2.24, 2.45) is 0 Å². The van der Waals surface area contributed by atoms with Crippen LogP contribution in [0.25, 0.3) is 0 Å². The molecule has 14 heavy (non-hydrogen) atoms. The van der Waals surface area contributed by atoms with Gasteiger partial charge in [-0.3, -0.25) is 0 Å². The van der Waals surface area contributed by atoms with Crippen molar-refractivity contribution in [2.45, 2.75) is 6.04 Å². The molecule has 1 aromatic carbocycles. The topological polar surface area (TPSA) is 15.3 Å². The molecule has 1 saturated heterocycles. The lowest BCUT2D eigenvalue weighted by atomic mass is 10.1. The van der Waals surface area contributed by atoms with Gasteiger partial charge in [0.25, 0.3) is 0 Å². The molecule has 0 bridgehead atoms. The van der Waals surface area contributed by atoms with E-state index in [0.717, 1.165) is 24.7 Å². The molecule has 1 aliphatic rings. The number of piperazine rings is 1. The number of likely N-dealkylation sites (N-methyl/N-ethyl adjacent to an activating group) is 1. The molecule has 1 aromatic rings. The van der Waals surface area contributed by atoms with Crippen LogP contribution in [0.1, 0.15) is 11.6 Å². The monoisotopic (exact) mass is 210 g/mol. The Kier molecular flexibility index (Phi) is 3.06. The lowest BCUT2D eigenvalue weighted by molar-refractivity contribution is 0.241. The first kappa shape index (κ1) is 9.97. The van der Waals surface area contributed by atoms with Gasteiger partial charge < -0.3 is 10.2 Å². The van der Waals surface area contributed by atoms with Gasteiger partial charge in [0.15, 0.2) is 0 Å². The van der Waals surface area contributed by atoms with Crippen molar-refractivity contribution in [1.82, 2.24) is 10.2 Å². The minimum absolute atomic E-state index is 0.450. The summed E-state index contributed by atoms with van der Waals surface area (Å²) in [7, 11) is 2.16. The summed E-state index contributed by atoms with van der Waals surface area (Å²) in [6.45, 7) is 3.26. The standard InChI is InChI=1S/C11H15ClN2/c1-14-7-6-13-11(8-14)9-2-4-10(12)5-3-9/h2-5,11,13H,6-8H2,1H3. The van der Waals surface area contributed by atoms with Gasteiger partial charge in [0.2, 0.25) is 0 Å². The third-order valence-electron chi connectivity index (χ3n) is 2.65. The van der Waals surface area contributed by atoms with Gasteiger partial charge in [0, 0.05) is 30.7 Å². The van der Waals surface area contributed by atoms with Gasteiger partial charge in [-0.15, -0.1) is 0 Å². The van der Waals surface area contributed by atoms with Crippen LogP contribution in [0.3, 0.4) is 0 Å². The smallest absolute Gasteiger partial charge is 0.0449 e. The molecule has 0 radical (unpaired) electrons. The van der Waals surface area contributed by atoms with Gasteiger partial charge in [0.1, 0.15) is 0 Å². The molecule has 0 aliphatic carbocycles. The highest BCUT2D eigenvalue weighted by molar-refractivity contribution is 6.30. The van der Waals surface area contributed by atoms with Gasteiger partial charge in [-0.25, -0.2) is 0 Å². The van der Waals surface area contributed by atoms with Crippen LogP contribution in [0.2, 0.25) is 5.02 Å². The van der Waals surface area contributed by atoms with Crippen molar-refractivity contribution in [3.8, 4) is 0 Å². The lowest BCUT2D eigenvalue weighted by Crippen LogP contribution is -2.43. The van der Waals surface area contributed by atoms with E-state index in [1.165, 1.54) is 5.56 Å². The molecular formula is C11H15ClN2. The van der Waals surface area contributed by atoms with Gasteiger partial charge in [0.05, 0.1) is 0 Å². The van der Waals surface area contributed by atoms with Gasteiger partial charge in [-0.2, -0.15) is 0 Å². The Morgan fingerprint density at radius 2 is 2.07 bits per heavy atom. The molecule has 0 amide bonds. The summed E-state index contributed by atoms with van der Waals surface area (Å²) >= 11 is 5.85. The normalized spacial score (nSPS) is 23.7. The highest BCUT2D eigenvalue weighted by Crippen LogP contribution is 2.18. The summed E-state index contributed by atoms with van der Waals surface area (Å²) in [4.78, 5) is 2.34. The fraction of sp³-hybridized carbons (Fsp3) is 0.455. The lowest BCUT2D eigenvalue weighted by Gasteiger charge is -2.31. The van der Waals surface area contributed by atoms with Crippen LogP contribution in [-0.4, -0.2) is 31.6 Å². The Hall–Kier alpha value is -0.570. The van der Waals surface area contributed by atoms with Crippen molar-refractivity contribution in [3.63, 3.8) is 0 Å². The second kappa shape index (κ2) is 4.30. The van der Waals surface area contributed by atoms with Gasteiger partial charge in [-0.05, 0) is 24.7 Å². The number of halogens is 1. The average Bonchev–Trinajstić information content (AvgIpc) is 2.19. The van der Waals surface area contributed by atoms with Crippen LogP contribution in [-0.2, 0) is 0 Å². The molecular weight excluding hydrogens is 196 g/mol. The molecule has 0 spiro atoms. The van der Waals surface area contributed by atoms with E-state index in [0.29, 0.717) is 6.04 Å². The van der Waals surface area contributed by atoms with Crippen LogP contribution >= 0.6 is 11.6 Å². The van der Waals surface area contributed by atoms with Crippen LogP contribution in [0.5, 0.6) is 0 Å². The van der Waals surface area contributed by atoms with E-state index in [4.69, 9.17) is 11.6 Å². The highest BCUT2D eigenvalue weighted by atomic mass is 35.5. The number of hydrogen-bond acceptors (Lipinski definition) is 2. The van der Waals surface area contributed by atoms with E-state index in [1.54, 1.807) is 0 Å². The molecule has 1 heterocycles. The molecule has 1 unspecified atom stereocenters. The Balaban J connectivity index is 2.10. The Morgan fingerprint density at radius 3 is 2.71 bits per heavy atom. The second-order valence-electron chi connectivity index (χ2n) is 3.82. The Bertz CT molecular complexity index is 297. The van der Waals surface area contributed by atoms with E-state index in [9.17, 15) is 0 Å². The van der Waals surface area contributed by atoms with Gasteiger partial charge >= 0.3 is 0 Å². The number of nitrogens with zero attached hydrogens (tertiary/aromatic N) is 1. The third kappa shape index (κ3) is 2.27. The Labute approximate surface area is 89.9 Å². The van der Waals surface area contributed by atoms with Crippen molar-refractivity contribution in [3.05, 3.63) is 34.9 Å². The summed E-state index contributed by atoms with van der Waals surface area (Å²) in [5.41, 5.74) is 1.32. The number of benzene rings is 1. The van der Waals surface area contributed by atoms with Crippen molar-refractivity contribution in [2.75, 3.05) is 26.7 Å². The molecule has 0 aromatic heterocycles. The zero-order chi connectivity index (χ0) is 9.97. The maximum Gasteiger partial charge on any atom is 0.0449 e. The molecule has 0 saturated carbocycles. The second-order valence-corrected chi connectivity index (χ2v) is 4.26. The van der Waals surface area contributed by atoms with Crippen LogP contribution < -0.4 is 5.32 Å². The van der Waals surface area contributed by atoms with Crippen LogP contribution in [0.4, 0.5) is 0 Å². The molecule has 1 N–H and O–H groups in total. The molecule has 2 rings (SSSR count). The van der Waals surface area contributed by atoms with E-state index in [-0.39, 0.29) is 0 Å². The molecule has 1 fully saturated rings. The fourth-order valence-electron chi connectivity index (χ4n) is 1.82. The van der Waals surface area contributed by atoms with Crippen molar-refractivity contribution in [1.29, 1.82) is 0 Å². The quantitative estimate of drug-likeness (QED) is 0.762.